The molecule has 0 spiro atoms. The molecule has 0 bridgehead atoms. The lowest BCUT2D eigenvalue weighted by Gasteiger charge is -2.34. The molecule has 1 aromatic rings. The Hall–Kier alpha value is -1.95. The third-order valence-corrected chi connectivity index (χ3v) is 5.08. The number of halogens is 1. The van der Waals surface area contributed by atoms with Crippen LogP contribution in [0.2, 0.25) is 0 Å². The molecular weight excluding hydrogens is 311 g/mol. The van der Waals surface area contributed by atoms with Crippen molar-refractivity contribution in [2.45, 2.75) is 50.2 Å². The van der Waals surface area contributed by atoms with Crippen molar-refractivity contribution in [1.82, 2.24) is 10.2 Å². The molecule has 2 N–H and O–H groups in total. The van der Waals surface area contributed by atoms with E-state index in [-0.39, 0.29) is 23.4 Å². The van der Waals surface area contributed by atoms with Gasteiger partial charge in [-0.1, -0.05) is 12.1 Å². The molecule has 0 radical (unpaired) electrons. The van der Waals surface area contributed by atoms with Gasteiger partial charge in [0.25, 0.3) is 11.8 Å². The first-order valence-corrected chi connectivity index (χ1v) is 8.57. The second-order valence-electron chi connectivity index (χ2n) is 6.76. The molecule has 6 heteroatoms. The van der Waals surface area contributed by atoms with Crippen LogP contribution < -0.4 is 5.32 Å². The first kappa shape index (κ1) is 16.9. The van der Waals surface area contributed by atoms with Crippen molar-refractivity contribution in [3.05, 3.63) is 35.6 Å². The van der Waals surface area contributed by atoms with E-state index >= 15 is 0 Å². The number of hydrogen-bond donors (Lipinski definition) is 2. The number of carbonyl (C=O) groups is 2. The van der Waals surface area contributed by atoms with Gasteiger partial charge in [0.2, 0.25) is 0 Å². The molecule has 24 heavy (non-hydrogen) atoms. The number of aliphatic hydroxyl groups is 1. The van der Waals surface area contributed by atoms with E-state index in [1.54, 1.807) is 17.0 Å². The van der Waals surface area contributed by atoms with Crippen LogP contribution in [0.1, 0.15) is 48.9 Å². The summed E-state index contributed by atoms with van der Waals surface area (Å²) >= 11 is 0. The molecule has 3 rings (SSSR count). The van der Waals surface area contributed by atoms with Gasteiger partial charge in [0.05, 0.1) is 5.56 Å². The Labute approximate surface area is 140 Å². The predicted molar refractivity (Wildman–Crippen MR) is 86.9 cm³/mol. The minimum atomic E-state index is -1.22. The number of nitrogens with one attached hydrogen (secondary N) is 1. The molecule has 2 aliphatic rings. The number of carbonyl (C=O) groups excluding carboxylic acids is 2. The summed E-state index contributed by atoms with van der Waals surface area (Å²) in [7, 11) is 0. The molecule has 0 unspecified atom stereocenters. The molecule has 1 aliphatic carbocycles. The molecule has 2 amide bonds. The van der Waals surface area contributed by atoms with E-state index in [0.29, 0.717) is 38.8 Å². The largest absolute Gasteiger partial charge is 0.380 e. The van der Waals surface area contributed by atoms with E-state index in [1.165, 1.54) is 12.1 Å². The third-order valence-electron chi connectivity index (χ3n) is 5.08. The van der Waals surface area contributed by atoms with Crippen molar-refractivity contribution < 1.29 is 19.1 Å². The highest BCUT2D eigenvalue weighted by molar-refractivity contribution is 5.94. The second kappa shape index (κ2) is 6.89. The van der Waals surface area contributed by atoms with Gasteiger partial charge >= 0.3 is 0 Å². The van der Waals surface area contributed by atoms with Crippen LogP contribution in [0.25, 0.3) is 0 Å². The Morgan fingerprint density at radius 3 is 2.42 bits per heavy atom. The van der Waals surface area contributed by atoms with Gasteiger partial charge in [0, 0.05) is 19.1 Å². The smallest absolute Gasteiger partial charge is 0.256 e. The number of amides is 2. The lowest BCUT2D eigenvalue weighted by Crippen LogP contribution is -2.52. The topological polar surface area (TPSA) is 69.6 Å². The Kier molecular flexibility index (Phi) is 4.85. The molecule has 2 fully saturated rings. The molecular formula is C18H23FN2O3. The van der Waals surface area contributed by atoms with E-state index in [9.17, 15) is 19.1 Å². The zero-order chi connectivity index (χ0) is 17.2. The average molecular weight is 334 g/mol. The summed E-state index contributed by atoms with van der Waals surface area (Å²) in [6.07, 6.45) is 4.01. The fourth-order valence-corrected chi connectivity index (χ4v) is 3.54. The monoisotopic (exact) mass is 334 g/mol. The first-order chi connectivity index (χ1) is 11.5. The normalized spacial score (nSPS) is 20.8. The Balaban J connectivity index is 1.53. The van der Waals surface area contributed by atoms with E-state index in [4.69, 9.17) is 0 Å². The van der Waals surface area contributed by atoms with Gasteiger partial charge in [-0.2, -0.15) is 0 Å². The van der Waals surface area contributed by atoms with E-state index in [1.807, 2.05) is 0 Å². The molecule has 5 nitrogen and oxygen atoms in total. The van der Waals surface area contributed by atoms with Gasteiger partial charge in [-0.05, 0) is 50.7 Å². The zero-order valence-corrected chi connectivity index (χ0v) is 13.6. The maximum absolute atomic E-state index is 13.7. The van der Waals surface area contributed by atoms with E-state index < -0.39 is 11.4 Å². The standard InChI is InChI=1S/C18H23FN2O3/c19-15-6-2-1-5-14(15)16(22)21-11-7-13(8-12-21)20-17(23)18(24)9-3-4-10-18/h1-2,5-6,13,24H,3-4,7-12H2,(H,20,23). The van der Waals surface area contributed by atoms with Gasteiger partial charge in [0.15, 0.2) is 0 Å². The van der Waals surface area contributed by atoms with Gasteiger partial charge < -0.3 is 15.3 Å². The van der Waals surface area contributed by atoms with Crippen LogP contribution in [0, 0.1) is 5.82 Å². The quantitative estimate of drug-likeness (QED) is 0.886. The molecule has 1 aromatic carbocycles. The van der Waals surface area contributed by atoms with E-state index in [0.717, 1.165) is 12.8 Å². The van der Waals surface area contributed by atoms with Crippen LogP contribution >= 0.6 is 0 Å². The summed E-state index contributed by atoms with van der Waals surface area (Å²) < 4.78 is 13.7. The van der Waals surface area contributed by atoms with Crippen LogP contribution in [0.4, 0.5) is 4.39 Å². The van der Waals surface area contributed by atoms with Crippen molar-refractivity contribution in [2.75, 3.05) is 13.1 Å². The molecule has 1 aliphatic heterocycles. The van der Waals surface area contributed by atoms with Gasteiger partial charge in [0.1, 0.15) is 11.4 Å². The number of likely N-dealkylation sites (tertiary alicyclic amines) is 1. The summed E-state index contributed by atoms with van der Waals surface area (Å²) in [6, 6.07) is 5.92. The summed E-state index contributed by atoms with van der Waals surface area (Å²) in [5.74, 6) is -1.12. The number of piperidine rings is 1. The summed E-state index contributed by atoms with van der Waals surface area (Å²) in [6.45, 7) is 0.938. The summed E-state index contributed by atoms with van der Waals surface area (Å²) in [5, 5.41) is 13.2. The van der Waals surface area contributed by atoms with Crippen LogP contribution in [0.5, 0.6) is 0 Å². The SMILES string of the molecule is O=C(c1ccccc1F)N1CCC(NC(=O)C2(O)CCCC2)CC1. The fourth-order valence-electron chi connectivity index (χ4n) is 3.54. The summed E-state index contributed by atoms with van der Waals surface area (Å²) in [5.41, 5.74) is -1.14. The molecule has 1 heterocycles. The average Bonchev–Trinajstić information content (AvgIpc) is 3.03. The van der Waals surface area contributed by atoms with Gasteiger partial charge in [-0.25, -0.2) is 4.39 Å². The minimum Gasteiger partial charge on any atom is -0.380 e. The zero-order valence-electron chi connectivity index (χ0n) is 13.6. The Morgan fingerprint density at radius 2 is 1.79 bits per heavy atom. The van der Waals surface area contributed by atoms with Crippen LogP contribution in [-0.4, -0.2) is 46.6 Å². The van der Waals surface area contributed by atoms with Crippen LogP contribution in [-0.2, 0) is 4.79 Å². The van der Waals surface area contributed by atoms with Crippen LogP contribution in [0.3, 0.4) is 0 Å². The van der Waals surface area contributed by atoms with Crippen molar-refractivity contribution in [1.29, 1.82) is 0 Å². The summed E-state index contributed by atoms with van der Waals surface area (Å²) in [4.78, 5) is 26.2. The lowest BCUT2D eigenvalue weighted by atomic mass is 9.98. The highest BCUT2D eigenvalue weighted by Crippen LogP contribution is 2.30. The van der Waals surface area contributed by atoms with Gasteiger partial charge in [-0.15, -0.1) is 0 Å². The third kappa shape index (κ3) is 3.43. The minimum absolute atomic E-state index is 0.0493. The maximum Gasteiger partial charge on any atom is 0.256 e. The highest BCUT2D eigenvalue weighted by atomic mass is 19.1. The van der Waals surface area contributed by atoms with Crippen molar-refractivity contribution in [3.63, 3.8) is 0 Å². The maximum atomic E-state index is 13.7. The fraction of sp³-hybridized carbons (Fsp3) is 0.556. The molecule has 0 aromatic heterocycles. The van der Waals surface area contributed by atoms with Crippen LogP contribution in [0.15, 0.2) is 24.3 Å². The first-order valence-electron chi connectivity index (χ1n) is 8.57. The Morgan fingerprint density at radius 1 is 1.17 bits per heavy atom. The second-order valence-corrected chi connectivity index (χ2v) is 6.76. The van der Waals surface area contributed by atoms with Crippen molar-refractivity contribution in [2.24, 2.45) is 0 Å². The predicted octanol–water partition coefficient (Wildman–Crippen LogP) is 1.85. The highest BCUT2D eigenvalue weighted by Gasteiger charge is 2.40. The van der Waals surface area contributed by atoms with Gasteiger partial charge in [-0.3, -0.25) is 9.59 Å². The number of benzene rings is 1. The Bertz CT molecular complexity index is 620. The molecule has 1 saturated heterocycles. The number of rotatable bonds is 3. The molecule has 0 atom stereocenters. The van der Waals surface area contributed by atoms with Crippen molar-refractivity contribution >= 4 is 11.8 Å². The number of nitrogens with zero attached hydrogens (tertiary/aromatic N) is 1. The molecule has 1 saturated carbocycles. The lowest BCUT2D eigenvalue weighted by molar-refractivity contribution is -0.140. The van der Waals surface area contributed by atoms with Crippen molar-refractivity contribution in [3.8, 4) is 0 Å². The van der Waals surface area contributed by atoms with E-state index in [2.05, 4.69) is 5.32 Å². The number of hydrogen-bond acceptors (Lipinski definition) is 3. The molecule has 130 valence electrons.